The topological polar surface area (TPSA) is 13.1 Å². The Balaban J connectivity index is 1.33. The van der Waals surface area contributed by atoms with Crippen molar-refractivity contribution < 1.29 is 16.8 Å². The molecular formula is C44H28O. The van der Waals surface area contributed by atoms with E-state index < -0.39 is 18.1 Å². The summed E-state index contributed by atoms with van der Waals surface area (Å²) in [5, 5.41) is 4.81. The van der Waals surface area contributed by atoms with Gasteiger partial charge in [0.2, 0.25) is 0 Å². The highest BCUT2D eigenvalue weighted by Crippen LogP contribution is 2.45. The fourth-order valence-corrected chi connectivity index (χ4v) is 6.43. The van der Waals surface area contributed by atoms with E-state index in [0.717, 1.165) is 49.0 Å². The first kappa shape index (κ1) is 18.0. The summed E-state index contributed by atoms with van der Waals surface area (Å²) in [6.07, 6.45) is 0. The molecule has 0 N–H and O–H groups in total. The first-order valence-electron chi connectivity index (χ1n) is 19.2. The van der Waals surface area contributed by atoms with Gasteiger partial charge in [0.15, 0.2) is 0 Å². The number of hydrogen-bond donors (Lipinski definition) is 0. The van der Waals surface area contributed by atoms with E-state index in [2.05, 4.69) is 0 Å². The smallest absolute Gasteiger partial charge is 0.135 e. The van der Waals surface area contributed by atoms with Crippen molar-refractivity contribution in [1.82, 2.24) is 0 Å². The monoisotopic (exact) mass is 581 g/mol. The van der Waals surface area contributed by atoms with E-state index in [1.165, 1.54) is 0 Å². The van der Waals surface area contributed by atoms with Crippen LogP contribution in [0.4, 0.5) is 0 Å². The van der Waals surface area contributed by atoms with Gasteiger partial charge in [0, 0.05) is 10.8 Å². The molecule has 0 bridgehead atoms. The maximum atomic E-state index is 9.69. The maximum Gasteiger partial charge on any atom is 0.135 e. The van der Waals surface area contributed by atoms with Gasteiger partial charge in [0.25, 0.3) is 0 Å². The van der Waals surface area contributed by atoms with Crippen molar-refractivity contribution in [1.29, 1.82) is 0 Å². The highest BCUT2D eigenvalue weighted by Gasteiger charge is 2.17. The Labute approximate surface area is 274 Å². The van der Waals surface area contributed by atoms with Crippen LogP contribution in [0, 0.1) is 0 Å². The van der Waals surface area contributed by atoms with Gasteiger partial charge in [0.05, 0.1) is 12.3 Å². The molecule has 0 unspecified atom stereocenters. The van der Waals surface area contributed by atoms with Crippen molar-refractivity contribution in [3.05, 3.63) is 170 Å². The van der Waals surface area contributed by atoms with Crippen LogP contribution < -0.4 is 0 Å². The number of fused-ring (bicyclic) bond motifs is 5. The van der Waals surface area contributed by atoms with Gasteiger partial charge in [-0.3, -0.25) is 0 Å². The zero-order valence-electron chi connectivity index (χ0n) is 32.9. The summed E-state index contributed by atoms with van der Waals surface area (Å²) < 4.78 is 84.8. The summed E-state index contributed by atoms with van der Waals surface area (Å²) in [4.78, 5) is 0. The molecule has 0 spiro atoms. The number of benzene rings is 8. The summed E-state index contributed by atoms with van der Waals surface area (Å²) in [6, 6.07) is 33.3. The Hall–Kier alpha value is -5.92. The molecule has 9 rings (SSSR count). The minimum absolute atomic E-state index is 0.0283. The molecule has 0 aliphatic carbocycles. The fourth-order valence-electron chi connectivity index (χ4n) is 6.43. The lowest BCUT2D eigenvalue weighted by Crippen LogP contribution is -1.91. The van der Waals surface area contributed by atoms with Gasteiger partial charge in [-0.15, -0.1) is 0 Å². The van der Waals surface area contributed by atoms with Crippen LogP contribution in [0.3, 0.4) is 0 Å². The largest absolute Gasteiger partial charge is 0.456 e. The zero-order chi connectivity index (χ0) is 37.6. The second kappa shape index (κ2) is 10.4. The van der Waals surface area contributed by atoms with Crippen molar-refractivity contribution in [2.45, 2.75) is 0 Å². The minimum atomic E-state index is -0.451. The van der Waals surface area contributed by atoms with E-state index in [9.17, 15) is 2.74 Å². The molecule has 45 heavy (non-hydrogen) atoms. The molecule has 1 heterocycles. The van der Waals surface area contributed by atoms with E-state index in [-0.39, 0.29) is 52.9 Å². The van der Waals surface area contributed by atoms with Crippen molar-refractivity contribution in [3.63, 3.8) is 0 Å². The molecule has 0 atom stereocenters. The van der Waals surface area contributed by atoms with Crippen LogP contribution in [0.15, 0.2) is 174 Å². The standard InChI is InChI=1S/C44H28O/c1-2-12-29(13-3-1)30-14-10-16-33(26-30)43-36-19-4-6-21-38(36)44(39-22-7-5-20-37(39)43)34-17-11-15-31(27-34)32-24-25-42-40(28-32)35-18-8-9-23-41(35)45-42/h1-28H/i1D,2D,3D,11D,12D,13D,15D,17D,27D. The predicted molar refractivity (Wildman–Crippen MR) is 190 cm³/mol. The zero-order valence-corrected chi connectivity index (χ0v) is 23.9. The summed E-state index contributed by atoms with van der Waals surface area (Å²) in [5.74, 6) is 0. The lowest BCUT2D eigenvalue weighted by molar-refractivity contribution is 0.669. The van der Waals surface area contributed by atoms with Gasteiger partial charge in [0.1, 0.15) is 11.2 Å². The van der Waals surface area contributed by atoms with E-state index in [0.29, 0.717) is 22.3 Å². The van der Waals surface area contributed by atoms with Gasteiger partial charge in [-0.2, -0.15) is 0 Å². The molecule has 1 aromatic heterocycles. The highest BCUT2D eigenvalue weighted by molar-refractivity contribution is 6.21. The Bertz CT molecular complexity index is 2970. The minimum Gasteiger partial charge on any atom is -0.456 e. The first-order chi connectivity index (χ1) is 26.1. The average molecular weight is 582 g/mol. The number of rotatable bonds is 4. The Morgan fingerprint density at radius 3 is 1.64 bits per heavy atom. The number of para-hydroxylation sites is 1. The lowest BCUT2D eigenvalue weighted by Gasteiger charge is -2.18. The van der Waals surface area contributed by atoms with Crippen LogP contribution in [0.1, 0.15) is 12.3 Å². The van der Waals surface area contributed by atoms with Gasteiger partial charge in [-0.1, -0.05) is 139 Å². The third-order valence-electron chi connectivity index (χ3n) is 8.41. The van der Waals surface area contributed by atoms with E-state index >= 15 is 0 Å². The Morgan fingerprint density at radius 2 is 0.911 bits per heavy atom. The van der Waals surface area contributed by atoms with Crippen LogP contribution in [0.2, 0.25) is 0 Å². The molecular weight excluding hydrogens is 544 g/mol. The normalized spacial score (nSPS) is 14.4. The van der Waals surface area contributed by atoms with Crippen molar-refractivity contribution in [3.8, 4) is 44.5 Å². The molecule has 0 aliphatic heterocycles. The van der Waals surface area contributed by atoms with Crippen LogP contribution in [0.25, 0.3) is 88.0 Å². The molecule has 0 amide bonds. The van der Waals surface area contributed by atoms with Crippen LogP contribution >= 0.6 is 0 Å². The second-order valence-electron chi connectivity index (χ2n) is 11.0. The summed E-state index contributed by atoms with van der Waals surface area (Å²) in [7, 11) is 0. The van der Waals surface area contributed by atoms with Gasteiger partial charge < -0.3 is 4.42 Å². The van der Waals surface area contributed by atoms with Crippen molar-refractivity contribution in [2.24, 2.45) is 0 Å². The van der Waals surface area contributed by atoms with Crippen molar-refractivity contribution in [2.75, 3.05) is 0 Å². The molecule has 1 heteroatoms. The SMILES string of the molecule is [2H]c1c([2H])c([2H])c(-c2cccc(-c3c4ccccc4c(-c4c([2H])c([2H])c([2H])c(-c5ccc6oc7ccccc7c6c5)c4[2H])c4ccccc34)c2)c([2H])c1[2H]. The van der Waals surface area contributed by atoms with E-state index in [1.54, 1.807) is 18.2 Å². The van der Waals surface area contributed by atoms with Crippen LogP contribution in [-0.2, 0) is 0 Å². The average Bonchev–Trinajstić information content (AvgIpc) is 3.56. The molecule has 0 fully saturated rings. The molecule has 0 radical (unpaired) electrons. The van der Waals surface area contributed by atoms with Crippen LogP contribution in [-0.4, -0.2) is 0 Å². The summed E-state index contributed by atoms with van der Waals surface area (Å²) in [5.41, 5.74) is 5.24. The Morgan fingerprint density at radius 1 is 0.356 bits per heavy atom. The summed E-state index contributed by atoms with van der Waals surface area (Å²) in [6.45, 7) is 0. The third-order valence-corrected chi connectivity index (χ3v) is 8.41. The van der Waals surface area contributed by atoms with E-state index in [4.69, 9.17) is 14.0 Å². The molecule has 8 aromatic carbocycles. The highest BCUT2D eigenvalue weighted by atomic mass is 16.3. The van der Waals surface area contributed by atoms with Gasteiger partial charge in [-0.05, 0) is 96.4 Å². The predicted octanol–water partition coefficient (Wildman–Crippen LogP) is 12.6. The molecule has 210 valence electrons. The molecule has 0 aliphatic rings. The molecule has 0 saturated heterocycles. The molecule has 1 nitrogen and oxygen atoms in total. The van der Waals surface area contributed by atoms with Crippen molar-refractivity contribution >= 4 is 43.5 Å². The fraction of sp³-hybridized carbons (Fsp3) is 0. The van der Waals surface area contributed by atoms with Gasteiger partial charge >= 0.3 is 0 Å². The summed E-state index contributed by atoms with van der Waals surface area (Å²) >= 11 is 0. The van der Waals surface area contributed by atoms with E-state index in [1.807, 2.05) is 97.1 Å². The van der Waals surface area contributed by atoms with Gasteiger partial charge in [-0.25, -0.2) is 0 Å². The third kappa shape index (κ3) is 4.24. The molecule has 9 aromatic rings. The molecule has 0 saturated carbocycles. The number of hydrogen-bond acceptors (Lipinski definition) is 1. The number of furan rings is 1. The first-order valence-corrected chi connectivity index (χ1v) is 14.7. The quantitative estimate of drug-likeness (QED) is 0.188. The Kier molecular flexibility index (Phi) is 4.15. The second-order valence-corrected chi connectivity index (χ2v) is 11.0. The van der Waals surface area contributed by atoms with Crippen LogP contribution in [0.5, 0.6) is 0 Å². The maximum absolute atomic E-state index is 9.69. The lowest BCUT2D eigenvalue weighted by atomic mass is 9.85.